The first kappa shape index (κ1) is 10.9. The summed E-state index contributed by atoms with van der Waals surface area (Å²) in [6.45, 7) is 11.7. The van der Waals surface area contributed by atoms with Crippen molar-refractivity contribution in [1.29, 1.82) is 0 Å². The maximum Gasteiger partial charge on any atom is 0.162 e. The number of hydrogen-bond acceptors (Lipinski definition) is 2. The lowest BCUT2D eigenvalue weighted by Crippen LogP contribution is -2.38. The Bertz CT molecular complexity index is 89.7. The van der Waals surface area contributed by atoms with Gasteiger partial charge in [0.25, 0.3) is 0 Å². The van der Waals surface area contributed by atoms with Gasteiger partial charge in [-0.15, -0.1) is 0 Å². The van der Waals surface area contributed by atoms with Crippen LogP contribution in [0.2, 0.25) is 0 Å². The van der Waals surface area contributed by atoms with Crippen molar-refractivity contribution in [3.8, 4) is 0 Å². The summed E-state index contributed by atoms with van der Waals surface area (Å²) >= 11 is 0. The van der Waals surface area contributed by atoms with Gasteiger partial charge in [0.05, 0.1) is 13.2 Å². The van der Waals surface area contributed by atoms with Gasteiger partial charge in [0.15, 0.2) is 5.79 Å². The first-order chi connectivity index (χ1) is 5.10. The largest absolute Gasteiger partial charge is 0.350 e. The summed E-state index contributed by atoms with van der Waals surface area (Å²) in [5, 5.41) is 0. The highest BCUT2D eigenvalue weighted by Gasteiger charge is 2.25. The van der Waals surface area contributed by atoms with E-state index >= 15 is 0 Å². The normalized spacial score (nSPS) is 23.7. The Kier molecular flexibility index (Phi) is 4.69. The van der Waals surface area contributed by atoms with E-state index in [1.54, 1.807) is 0 Å². The minimum absolute atomic E-state index is 0.341. The molecule has 1 saturated heterocycles. The minimum Gasteiger partial charge on any atom is -0.350 e. The van der Waals surface area contributed by atoms with E-state index < -0.39 is 0 Å². The Balaban J connectivity index is 0.000000461. The minimum atomic E-state index is -0.341. The van der Waals surface area contributed by atoms with E-state index in [0.29, 0.717) is 5.92 Å². The van der Waals surface area contributed by atoms with Gasteiger partial charge in [-0.05, 0) is 13.8 Å². The van der Waals surface area contributed by atoms with Crippen LogP contribution < -0.4 is 0 Å². The smallest absolute Gasteiger partial charge is 0.162 e. The molecule has 0 saturated carbocycles. The number of ether oxygens (including phenoxy) is 2. The molecule has 0 aliphatic carbocycles. The molecule has 1 fully saturated rings. The molecule has 0 radical (unpaired) electrons. The summed E-state index contributed by atoms with van der Waals surface area (Å²) in [6, 6.07) is 0. The Morgan fingerprint density at radius 1 is 1.09 bits per heavy atom. The molecule has 11 heavy (non-hydrogen) atoms. The summed E-state index contributed by atoms with van der Waals surface area (Å²) < 4.78 is 10.7. The summed E-state index contributed by atoms with van der Waals surface area (Å²) in [7, 11) is 0. The van der Waals surface area contributed by atoms with Crippen LogP contribution in [0.3, 0.4) is 0 Å². The van der Waals surface area contributed by atoms with E-state index in [9.17, 15) is 0 Å². The molecule has 1 aliphatic heterocycles. The molecule has 0 spiro atoms. The van der Waals surface area contributed by atoms with E-state index in [0.717, 1.165) is 13.2 Å². The third-order valence-corrected chi connectivity index (χ3v) is 1.43. The Hall–Kier alpha value is -0.0800. The van der Waals surface area contributed by atoms with Crippen LogP contribution in [-0.4, -0.2) is 19.0 Å². The van der Waals surface area contributed by atoms with Gasteiger partial charge in [-0.3, -0.25) is 0 Å². The Morgan fingerprint density at radius 3 is 1.73 bits per heavy atom. The fourth-order valence-corrected chi connectivity index (χ4v) is 0.776. The third-order valence-electron chi connectivity index (χ3n) is 1.43. The van der Waals surface area contributed by atoms with Gasteiger partial charge in [0.1, 0.15) is 0 Å². The molecule has 2 nitrogen and oxygen atoms in total. The van der Waals surface area contributed by atoms with Crippen LogP contribution in [0.1, 0.15) is 34.6 Å². The molecular weight excluding hydrogens is 140 g/mol. The summed E-state index contributed by atoms with van der Waals surface area (Å²) in [6.07, 6.45) is 0. The topological polar surface area (TPSA) is 18.5 Å². The second-order valence-corrected chi connectivity index (χ2v) is 3.13. The van der Waals surface area contributed by atoms with Crippen LogP contribution >= 0.6 is 0 Å². The molecule has 0 aromatic carbocycles. The van der Waals surface area contributed by atoms with Crippen molar-refractivity contribution >= 4 is 0 Å². The SMILES string of the molecule is CC.CC1COC(C)(C)OC1. The molecule has 2 heteroatoms. The first-order valence-corrected chi connectivity index (χ1v) is 4.38. The fourth-order valence-electron chi connectivity index (χ4n) is 0.776. The zero-order valence-electron chi connectivity index (χ0n) is 8.31. The van der Waals surface area contributed by atoms with Gasteiger partial charge >= 0.3 is 0 Å². The number of hydrogen-bond donors (Lipinski definition) is 0. The fraction of sp³-hybridized carbons (Fsp3) is 1.00. The van der Waals surface area contributed by atoms with E-state index in [2.05, 4.69) is 6.92 Å². The zero-order valence-corrected chi connectivity index (χ0v) is 8.31. The van der Waals surface area contributed by atoms with Gasteiger partial charge in [0.2, 0.25) is 0 Å². The molecule has 1 rings (SSSR count). The summed E-state index contributed by atoms with van der Waals surface area (Å²) in [5.74, 6) is 0.213. The van der Waals surface area contributed by atoms with Crippen LogP contribution in [0, 0.1) is 5.92 Å². The van der Waals surface area contributed by atoms with Crippen molar-refractivity contribution < 1.29 is 9.47 Å². The predicted molar refractivity (Wildman–Crippen MR) is 46.5 cm³/mol. The van der Waals surface area contributed by atoms with Gasteiger partial charge in [-0.2, -0.15) is 0 Å². The molecule has 1 heterocycles. The molecule has 0 aromatic heterocycles. The van der Waals surface area contributed by atoms with E-state index in [1.807, 2.05) is 27.7 Å². The van der Waals surface area contributed by atoms with Crippen molar-refractivity contribution in [2.75, 3.05) is 13.2 Å². The van der Waals surface area contributed by atoms with Crippen molar-refractivity contribution in [3.63, 3.8) is 0 Å². The highest BCUT2D eigenvalue weighted by atomic mass is 16.7. The highest BCUT2D eigenvalue weighted by molar-refractivity contribution is 4.63. The Morgan fingerprint density at radius 2 is 1.45 bits per heavy atom. The lowest BCUT2D eigenvalue weighted by atomic mass is 10.2. The van der Waals surface area contributed by atoms with Crippen molar-refractivity contribution in [2.24, 2.45) is 5.92 Å². The lowest BCUT2D eigenvalue weighted by Gasteiger charge is -2.33. The zero-order chi connectivity index (χ0) is 8.91. The van der Waals surface area contributed by atoms with Gasteiger partial charge in [0, 0.05) is 5.92 Å². The van der Waals surface area contributed by atoms with Crippen molar-refractivity contribution in [3.05, 3.63) is 0 Å². The molecule has 0 atom stereocenters. The lowest BCUT2D eigenvalue weighted by molar-refractivity contribution is -0.259. The summed E-state index contributed by atoms with van der Waals surface area (Å²) in [4.78, 5) is 0. The van der Waals surface area contributed by atoms with Gasteiger partial charge < -0.3 is 9.47 Å². The molecule has 1 aliphatic rings. The molecule has 0 aromatic rings. The maximum absolute atomic E-state index is 5.36. The molecule has 0 N–H and O–H groups in total. The van der Waals surface area contributed by atoms with Crippen LogP contribution in [-0.2, 0) is 9.47 Å². The van der Waals surface area contributed by atoms with Crippen molar-refractivity contribution in [2.45, 2.75) is 40.4 Å². The predicted octanol–water partition coefficient (Wildman–Crippen LogP) is 2.43. The second kappa shape index (κ2) is 4.73. The first-order valence-electron chi connectivity index (χ1n) is 4.38. The van der Waals surface area contributed by atoms with E-state index in [4.69, 9.17) is 9.47 Å². The van der Waals surface area contributed by atoms with Crippen molar-refractivity contribution in [1.82, 2.24) is 0 Å². The Labute approximate surface area is 69.9 Å². The van der Waals surface area contributed by atoms with Crippen LogP contribution in [0.5, 0.6) is 0 Å². The van der Waals surface area contributed by atoms with Crippen LogP contribution in [0.15, 0.2) is 0 Å². The van der Waals surface area contributed by atoms with Gasteiger partial charge in [-0.25, -0.2) is 0 Å². The molecular formula is C9H20O2. The molecule has 0 amide bonds. The monoisotopic (exact) mass is 160 g/mol. The average Bonchev–Trinajstić information content (AvgIpc) is 2.00. The summed E-state index contributed by atoms with van der Waals surface area (Å²) in [5.41, 5.74) is 0. The molecule has 68 valence electrons. The standard InChI is InChI=1S/C7H14O2.C2H6/c1-6-4-8-7(2,3)9-5-6;1-2/h6H,4-5H2,1-3H3;1-2H3. The molecule has 0 bridgehead atoms. The molecule has 0 unspecified atom stereocenters. The van der Waals surface area contributed by atoms with Gasteiger partial charge in [-0.1, -0.05) is 20.8 Å². The van der Waals surface area contributed by atoms with E-state index in [1.165, 1.54) is 0 Å². The van der Waals surface area contributed by atoms with Crippen LogP contribution in [0.25, 0.3) is 0 Å². The quantitative estimate of drug-likeness (QED) is 0.542. The van der Waals surface area contributed by atoms with Crippen LogP contribution in [0.4, 0.5) is 0 Å². The number of rotatable bonds is 0. The highest BCUT2D eigenvalue weighted by Crippen LogP contribution is 2.19. The third kappa shape index (κ3) is 4.38. The van der Waals surface area contributed by atoms with E-state index in [-0.39, 0.29) is 5.79 Å². The average molecular weight is 160 g/mol. The maximum atomic E-state index is 5.36. The second-order valence-electron chi connectivity index (χ2n) is 3.13.